The first kappa shape index (κ1) is 14.6. The minimum absolute atomic E-state index is 0.0746. The van der Waals surface area contributed by atoms with Gasteiger partial charge in [0.15, 0.2) is 0 Å². The average molecular weight is 292 g/mol. The third kappa shape index (κ3) is 3.03. The number of thioether (sulfide) groups is 1. The molecular weight excluding hydrogens is 268 g/mol. The van der Waals surface area contributed by atoms with Crippen LogP contribution >= 0.6 is 11.8 Å². The van der Waals surface area contributed by atoms with Gasteiger partial charge in [0.1, 0.15) is 9.84 Å². The maximum atomic E-state index is 11.6. The third-order valence-corrected chi connectivity index (χ3v) is 7.11. The van der Waals surface area contributed by atoms with Crippen molar-refractivity contribution in [3.05, 3.63) is 0 Å². The summed E-state index contributed by atoms with van der Waals surface area (Å²) in [5.74, 6) is 0.604. The zero-order valence-electron chi connectivity index (χ0n) is 11.3. The second-order valence-electron chi connectivity index (χ2n) is 5.74. The summed E-state index contributed by atoms with van der Waals surface area (Å²) in [6, 6.07) is 0. The SMILES string of the molecule is CC1CN(C2(CN)CCS(=O)(=O)CC2)CC(C)S1. The summed E-state index contributed by atoms with van der Waals surface area (Å²) < 4.78 is 23.2. The number of nitrogens with two attached hydrogens (primary N) is 1. The third-order valence-electron chi connectivity index (χ3n) is 4.23. The highest BCUT2D eigenvalue weighted by Crippen LogP contribution is 2.35. The summed E-state index contributed by atoms with van der Waals surface area (Å²) in [4.78, 5) is 2.47. The minimum Gasteiger partial charge on any atom is -0.329 e. The van der Waals surface area contributed by atoms with Crippen LogP contribution in [0.25, 0.3) is 0 Å². The van der Waals surface area contributed by atoms with Crippen molar-refractivity contribution < 1.29 is 8.42 Å². The first-order valence-corrected chi connectivity index (χ1v) is 9.44. The van der Waals surface area contributed by atoms with Crippen LogP contribution in [0.15, 0.2) is 0 Å². The molecule has 18 heavy (non-hydrogen) atoms. The van der Waals surface area contributed by atoms with E-state index in [1.807, 2.05) is 11.8 Å². The number of hydrogen-bond donors (Lipinski definition) is 1. The normalized spacial score (nSPS) is 36.4. The fourth-order valence-corrected chi connectivity index (χ4v) is 6.04. The number of sulfone groups is 1. The van der Waals surface area contributed by atoms with Crippen molar-refractivity contribution >= 4 is 21.6 Å². The van der Waals surface area contributed by atoms with E-state index in [4.69, 9.17) is 5.73 Å². The van der Waals surface area contributed by atoms with E-state index in [0.29, 0.717) is 41.4 Å². The molecule has 0 saturated carbocycles. The fourth-order valence-electron chi connectivity index (χ4n) is 3.13. The van der Waals surface area contributed by atoms with Crippen LogP contribution in [0.2, 0.25) is 0 Å². The van der Waals surface area contributed by atoms with E-state index in [1.165, 1.54) is 0 Å². The van der Waals surface area contributed by atoms with Crippen molar-refractivity contribution in [1.82, 2.24) is 4.90 Å². The van der Waals surface area contributed by atoms with Crippen LogP contribution in [0.4, 0.5) is 0 Å². The van der Waals surface area contributed by atoms with E-state index >= 15 is 0 Å². The molecule has 0 bridgehead atoms. The van der Waals surface area contributed by atoms with E-state index in [1.54, 1.807) is 0 Å². The molecule has 0 radical (unpaired) electrons. The standard InChI is InChI=1S/C12H24N2O2S2/c1-10-7-14(8-11(2)17-10)12(9-13)3-5-18(15,16)6-4-12/h10-11H,3-9,13H2,1-2H3. The lowest BCUT2D eigenvalue weighted by Gasteiger charge is -2.49. The Bertz CT molecular complexity index is 373. The maximum Gasteiger partial charge on any atom is 0.150 e. The molecule has 4 nitrogen and oxygen atoms in total. The van der Waals surface area contributed by atoms with Gasteiger partial charge in [-0.15, -0.1) is 0 Å². The highest BCUT2D eigenvalue weighted by molar-refractivity contribution is 8.00. The van der Waals surface area contributed by atoms with Gasteiger partial charge in [0.05, 0.1) is 11.5 Å². The topological polar surface area (TPSA) is 63.4 Å². The number of hydrogen-bond acceptors (Lipinski definition) is 5. The molecular formula is C12H24N2O2S2. The van der Waals surface area contributed by atoms with Gasteiger partial charge in [0.25, 0.3) is 0 Å². The van der Waals surface area contributed by atoms with E-state index in [2.05, 4.69) is 18.7 Å². The Kier molecular flexibility index (Phi) is 4.31. The van der Waals surface area contributed by atoms with E-state index in [0.717, 1.165) is 13.1 Å². The average Bonchev–Trinajstić information content (AvgIpc) is 2.28. The number of rotatable bonds is 2. The van der Waals surface area contributed by atoms with Gasteiger partial charge < -0.3 is 5.73 Å². The molecule has 2 aliphatic rings. The van der Waals surface area contributed by atoms with Gasteiger partial charge in [0.2, 0.25) is 0 Å². The van der Waals surface area contributed by atoms with E-state index < -0.39 is 9.84 Å². The summed E-state index contributed by atoms with van der Waals surface area (Å²) in [7, 11) is -2.82. The lowest BCUT2D eigenvalue weighted by atomic mass is 9.89. The fraction of sp³-hybridized carbons (Fsp3) is 1.00. The Hall–Kier alpha value is 0.220. The molecule has 2 N–H and O–H groups in total. The maximum absolute atomic E-state index is 11.6. The van der Waals surface area contributed by atoms with Crippen molar-refractivity contribution in [2.24, 2.45) is 5.73 Å². The lowest BCUT2D eigenvalue weighted by molar-refractivity contribution is 0.0813. The largest absolute Gasteiger partial charge is 0.329 e. The number of nitrogens with zero attached hydrogens (tertiary/aromatic N) is 1. The molecule has 106 valence electrons. The Morgan fingerprint density at radius 3 is 2.17 bits per heavy atom. The highest BCUT2D eigenvalue weighted by Gasteiger charge is 2.43. The molecule has 6 heteroatoms. The molecule has 2 atom stereocenters. The van der Waals surface area contributed by atoms with Gasteiger partial charge >= 0.3 is 0 Å². The summed E-state index contributed by atoms with van der Waals surface area (Å²) in [5, 5.41) is 1.21. The Morgan fingerprint density at radius 2 is 1.72 bits per heavy atom. The molecule has 2 aliphatic heterocycles. The van der Waals surface area contributed by atoms with E-state index in [-0.39, 0.29) is 5.54 Å². The Labute approximate surface area is 115 Å². The zero-order chi connectivity index (χ0) is 13.4. The van der Waals surface area contributed by atoms with Gasteiger partial charge in [-0.3, -0.25) is 4.90 Å². The molecule has 0 aromatic rings. The van der Waals surface area contributed by atoms with Crippen LogP contribution < -0.4 is 5.73 Å². The Balaban J connectivity index is 2.13. The molecule has 0 spiro atoms. The smallest absolute Gasteiger partial charge is 0.150 e. The zero-order valence-corrected chi connectivity index (χ0v) is 12.9. The van der Waals surface area contributed by atoms with Crippen LogP contribution in [-0.4, -0.2) is 60.5 Å². The molecule has 0 aliphatic carbocycles. The Morgan fingerprint density at radius 1 is 1.22 bits per heavy atom. The van der Waals surface area contributed by atoms with Crippen LogP contribution in [-0.2, 0) is 9.84 Å². The molecule has 2 rings (SSSR count). The van der Waals surface area contributed by atoms with Crippen molar-refractivity contribution in [3.63, 3.8) is 0 Å². The first-order valence-electron chi connectivity index (χ1n) is 6.68. The van der Waals surface area contributed by atoms with Crippen molar-refractivity contribution in [1.29, 1.82) is 0 Å². The predicted molar refractivity (Wildman–Crippen MR) is 77.8 cm³/mol. The minimum atomic E-state index is -2.82. The van der Waals surface area contributed by atoms with Gasteiger partial charge in [-0.25, -0.2) is 8.42 Å². The monoisotopic (exact) mass is 292 g/mol. The lowest BCUT2D eigenvalue weighted by Crippen LogP contribution is -2.61. The quantitative estimate of drug-likeness (QED) is 0.812. The predicted octanol–water partition coefficient (Wildman–Crippen LogP) is 0.718. The molecule has 0 aromatic carbocycles. The molecule has 2 heterocycles. The summed E-state index contributed by atoms with van der Waals surface area (Å²) in [5.41, 5.74) is 5.93. The molecule has 2 unspecified atom stereocenters. The summed E-state index contributed by atoms with van der Waals surface area (Å²) in [6.07, 6.45) is 1.41. The van der Waals surface area contributed by atoms with E-state index in [9.17, 15) is 8.42 Å². The summed E-state index contributed by atoms with van der Waals surface area (Å²) in [6.45, 7) is 7.14. The molecule has 0 amide bonds. The van der Waals surface area contributed by atoms with Crippen LogP contribution in [0.3, 0.4) is 0 Å². The first-order chi connectivity index (χ1) is 8.37. The second kappa shape index (κ2) is 5.31. The van der Waals surface area contributed by atoms with Crippen LogP contribution in [0, 0.1) is 0 Å². The van der Waals surface area contributed by atoms with Crippen molar-refractivity contribution in [3.8, 4) is 0 Å². The molecule has 2 fully saturated rings. The van der Waals surface area contributed by atoms with Crippen molar-refractivity contribution in [2.75, 3.05) is 31.1 Å². The van der Waals surface area contributed by atoms with Gasteiger partial charge in [0, 0.05) is 35.7 Å². The highest BCUT2D eigenvalue weighted by atomic mass is 32.2. The molecule has 2 saturated heterocycles. The summed E-state index contributed by atoms with van der Waals surface area (Å²) >= 11 is 2.02. The molecule has 0 aromatic heterocycles. The van der Waals surface area contributed by atoms with Gasteiger partial charge in [-0.1, -0.05) is 13.8 Å². The van der Waals surface area contributed by atoms with Gasteiger partial charge in [-0.05, 0) is 12.8 Å². The van der Waals surface area contributed by atoms with Crippen LogP contribution in [0.5, 0.6) is 0 Å². The van der Waals surface area contributed by atoms with Gasteiger partial charge in [-0.2, -0.15) is 11.8 Å². The second-order valence-corrected chi connectivity index (χ2v) is 9.93. The van der Waals surface area contributed by atoms with Crippen molar-refractivity contribution in [2.45, 2.75) is 42.7 Å². The van der Waals surface area contributed by atoms with Crippen LogP contribution in [0.1, 0.15) is 26.7 Å².